The van der Waals surface area contributed by atoms with Gasteiger partial charge in [0.05, 0.1) is 14.2 Å². The quantitative estimate of drug-likeness (QED) is 0.598. The molecule has 1 fully saturated rings. The zero-order valence-electron chi connectivity index (χ0n) is 18.2. The summed E-state index contributed by atoms with van der Waals surface area (Å²) in [5, 5.41) is 4.30. The first-order valence-electron chi connectivity index (χ1n) is 10.8. The topological polar surface area (TPSA) is 61.7 Å². The van der Waals surface area contributed by atoms with Gasteiger partial charge in [-0.1, -0.05) is 12.1 Å². The van der Waals surface area contributed by atoms with Gasteiger partial charge in [0.25, 0.3) is 0 Å². The van der Waals surface area contributed by atoms with Gasteiger partial charge in [0, 0.05) is 55.2 Å². The van der Waals surface area contributed by atoms with Crippen LogP contribution in [0.15, 0.2) is 54.7 Å². The molecule has 0 spiro atoms. The van der Waals surface area contributed by atoms with Crippen LogP contribution in [-0.4, -0.2) is 44.5 Å². The highest BCUT2D eigenvalue weighted by atomic mass is 16.5. The minimum Gasteiger partial charge on any atom is -0.497 e. The highest BCUT2D eigenvalue weighted by Crippen LogP contribution is 2.35. The lowest BCUT2D eigenvalue weighted by Crippen LogP contribution is -2.44. The molecular formula is C25H30N2O4. The van der Waals surface area contributed by atoms with Crippen molar-refractivity contribution in [1.82, 2.24) is 9.88 Å². The van der Waals surface area contributed by atoms with Crippen molar-refractivity contribution < 1.29 is 19.0 Å². The van der Waals surface area contributed by atoms with Crippen LogP contribution in [0.4, 0.5) is 0 Å². The number of rotatable bonds is 8. The number of ether oxygens (including phenoxy) is 3. The molecule has 4 rings (SSSR count). The average molecular weight is 423 g/mol. The fourth-order valence-corrected chi connectivity index (χ4v) is 4.35. The molecule has 6 heteroatoms. The number of carbonyl (C=O) groups is 1. The molecule has 1 N–H and O–H groups in total. The Morgan fingerprint density at radius 3 is 2.45 bits per heavy atom. The average Bonchev–Trinajstić information content (AvgIpc) is 3.24. The molecule has 6 nitrogen and oxygen atoms in total. The van der Waals surface area contributed by atoms with E-state index in [1.165, 1.54) is 5.56 Å². The van der Waals surface area contributed by atoms with Crippen LogP contribution >= 0.6 is 0 Å². The Morgan fingerprint density at radius 2 is 1.74 bits per heavy atom. The molecule has 1 amide bonds. The molecule has 1 aromatic heterocycles. The lowest BCUT2D eigenvalue weighted by molar-refractivity contribution is -0.121. The molecule has 0 bridgehead atoms. The first-order chi connectivity index (χ1) is 15.1. The Labute approximate surface area is 183 Å². The highest BCUT2D eigenvalue weighted by molar-refractivity contribution is 5.82. The first kappa shape index (κ1) is 21.2. The largest absolute Gasteiger partial charge is 0.497 e. The van der Waals surface area contributed by atoms with Crippen molar-refractivity contribution in [3.05, 3.63) is 60.3 Å². The zero-order valence-corrected chi connectivity index (χ0v) is 18.2. The third kappa shape index (κ3) is 4.69. The highest BCUT2D eigenvalue weighted by Gasteiger charge is 2.34. The van der Waals surface area contributed by atoms with Gasteiger partial charge < -0.3 is 24.1 Å². The number of amides is 1. The molecule has 2 aromatic carbocycles. The van der Waals surface area contributed by atoms with Gasteiger partial charge in [-0.05, 0) is 54.8 Å². The molecule has 1 aliphatic rings. The van der Waals surface area contributed by atoms with Crippen molar-refractivity contribution in [1.29, 1.82) is 0 Å². The van der Waals surface area contributed by atoms with Crippen LogP contribution < -0.4 is 14.8 Å². The summed E-state index contributed by atoms with van der Waals surface area (Å²) in [7, 11) is 3.34. The van der Waals surface area contributed by atoms with Crippen LogP contribution in [0.1, 0.15) is 24.8 Å². The molecule has 2 heterocycles. The molecule has 164 valence electrons. The van der Waals surface area contributed by atoms with Gasteiger partial charge in [0.2, 0.25) is 5.91 Å². The second-order valence-corrected chi connectivity index (χ2v) is 8.08. The summed E-state index contributed by atoms with van der Waals surface area (Å²) in [6.45, 7) is 2.67. The summed E-state index contributed by atoms with van der Waals surface area (Å²) >= 11 is 0. The fourth-order valence-electron chi connectivity index (χ4n) is 4.35. The summed E-state index contributed by atoms with van der Waals surface area (Å²) in [5.74, 6) is 1.74. The summed E-state index contributed by atoms with van der Waals surface area (Å²) in [4.78, 5) is 12.7. The number of nitrogens with one attached hydrogen (secondary N) is 1. The van der Waals surface area contributed by atoms with Crippen LogP contribution in [0.5, 0.6) is 11.5 Å². The second kappa shape index (κ2) is 9.43. The van der Waals surface area contributed by atoms with Gasteiger partial charge in [0.15, 0.2) is 0 Å². The molecule has 0 radical (unpaired) electrons. The van der Waals surface area contributed by atoms with Crippen molar-refractivity contribution in [2.75, 3.05) is 34.0 Å². The minimum absolute atomic E-state index is 0.0646. The second-order valence-electron chi connectivity index (χ2n) is 8.08. The molecule has 0 atom stereocenters. The Kier molecular flexibility index (Phi) is 6.47. The molecule has 31 heavy (non-hydrogen) atoms. The summed E-state index contributed by atoms with van der Waals surface area (Å²) in [6.07, 6.45) is 4.24. The van der Waals surface area contributed by atoms with Crippen LogP contribution in [-0.2, 0) is 21.5 Å². The number of aryl methyl sites for hydroxylation is 1. The van der Waals surface area contributed by atoms with Gasteiger partial charge in [-0.3, -0.25) is 4.79 Å². The lowest BCUT2D eigenvalue weighted by atomic mass is 9.74. The van der Waals surface area contributed by atoms with Crippen LogP contribution in [0.3, 0.4) is 0 Å². The van der Waals surface area contributed by atoms with E-state index in [1.54, 1.807) is 14.2 Å². The predicted octanol–water partition coefficient (Wildman–Crippen LogP) is 3.91. The smallest absolute Gasteiger partial charge is 0.221 e. The monoisotopic (exact) mass is 422 g/mol. The SMILES string of the molecule is COc1ccc(C2(CNC(=O)CCn3ccc4cc(OC)ccc43)CCOCC2)cc1. The van der Waals surface area contributed by atoms with Gasteiger partial charge >= 0.3 is 0 Å². The predicted molar refractivity (Wildman–Crippen MR) is 121 cm³/mol. The van der Waals surface area contributed by atoms with E-state index in [4.69, 9.17) is 14.2 Å². The van der Waals surface area contributed by atoms with Crippen LogP contribution in [0.25, 0.3) is 10.9 Å². The van der Waals surface area contributed by atoms with E-state index < -0.39 is 0 Å². The third-order valence-electron chi connectivity index (χ3n) is 6.33. The van der Waals surface area contributed by atoms with E-state index in [9.17, 15) is 4.79 Å². The minimum atomic E-state index is -0.100. The van der Waals surface area contributed by atoms with Gasteiger partial charge in [-0.25, -0.2) is 0 Å². The van der Waals surface area contributed by atoms with Crippen LogP contribution in [0, 0.1) is 0 Å². The number of hydrogen-bond acceptors (Lipinski definition) is 4. The molecular weight excluding hydrogens is 392 g/mol. The maximum absolute atomic E-state index is 12.7. The van der Waals surface area contributed by atoms with E-state index >= 15 is 0 Å². The maximum Gasteiger partial charge on any atom is 0.221 e. The van der Waals surface area contributed by atoms with E-state index in [-0.39, 0.29) is 11.3 Å². The summed E-state index contributed by atoms with van der Waals surface area (Å²) in [6, 6.07) is 16.2. The number of methoxy groups -OCH3 is 2. The third-order valence-corrected chi connectivity index (χ3v) is 6.33. The van der Waals surface area contributed by atoms with Gasteiger partial charge in [0.1, 0.15) is 11.5 Å². The van der Waals surface area contributed by atoms with Crippen molar-refractivity contribution in [3.8, 4) is 11.5 Å². The van der Waals surface area contributed by atoms with Gasteiger partial charge in [-0.2, -0.15) is 0 Å². The zero-order chi connectivity index (χ0) is 21.7. The molecule has 1 aliphatic heterocycles. The number of aromatic nitrogens is 1. The van der Waals surface area contributed by atoms with E-state index in [1.807, 2.05) is 36.5 Å². The van der Waals surface area contributed by atoms with Crippen LogP contribution in [0.2, 0.25) is 0 Å². The molecule has 0 aliphatic carbocycles. The van der Waals surface area contributed by atoms with Crippen molar-refractivity contribution in [3.63, 3.8) is 0 Å². The Morgan fingerprint density at radius 1 is 1.03 bits per heavy atom. The van der Waals surface area contributed by atoms with Crippen molar-refractivity contribution in [2.45, 2.75) is 31.2 Å². The molecule has 3 aromatic rings. The summed E-state index contributed by atoms with van der Waals surface area (Å²) < 4.78 is 18.3. The Bertz CT molecular complexity index is 1020. The fraction of sp³-hybridized carbons (Fsp3) is 0.400. The number of carbonyl (C=O) groups excluding carboxylic acids is 1. The van der Waals surface area contributed by atoms with E-state index in [0.717, 1.165) is 35.2 Å². The number of nitrogens with zero attached hydrogens (tertiary/aromatic N) is 1. The van der Waals surface area contributed by atoms with E-state index in [0.29, 0.717) is 32.7 Å². The summed E-state index contributed by atoms with van der Waals surface area (Å²) in [5.41, 5.74) is 2.23. The molecule has 0 saturated carbocycles. The van der Waals surface area contributed by atoms with Crippen molar-refractivity contribution in [2.24, 2.45) is 0 Å². The van der Waals surface area contributed by atoms with Gasteiger partial charge in [-0.15, -0.1) is 0 Å². The van der Waals surface area contributed by atoms with Crippen molar-refractivity contribution >= 4 is 16.8 Å². The number of fused-ring (bicyclic) bond motifs is 1. The maximum atomic E-state index is 12.7. The number of hydrogen-bond donors (Lipinski definition) is 1. The standard InChI is InChI=1S/C25H30N2O4/c1-29-21-5-3-20(4-6-21)25(11-15-31-16-12-25)18-26-24(28)10-14-27-13-9-19-17-22(30-2)7-8-23(19)27/h3-9,13,17H,10-12,14-16,18H2,1-2H3,(H,26,28). The molecule has 1 saturated heterocycles. The molecule has 0 unspecified atom stereocenters. The normalized spacial score (nSPS) is 15.5. The lowest BCUT2D eigenvalue weighted by Gasteiger charge is -2.38. The Balaban J connectivity index is 1.39. The first-order valence-corrected chi connectivity index (χ1v) is 10.8. The number of benzene rings is 2. The van der Waals surface area contributed by atoms with E-state index in [2.05, 4.69) is 28.1 Å². The Hall–Kier alpha value is -2.99.